The Morgan fingerprint density at radius 2 is 2.03 bits per heavy atom. The van der Waals surface area contributed by atoms with Crippen molar-refractivity contribution in [1.29, 1.82) is 0 Å². The first-order valence-electron chi connectivity index (χ1n) is 9.85. The largest absolute Gasteiger partial charge is 0.388 e. The number of carbonyl (C=O) groups excluding carboxylic acids is 5. The molecule has 2 aromatic heterocycles. The van der Waals surface area contributed by atoms with Gasteiger partial charge in [0.1, 0.15) is 18.4 Å². The maximum Gasteiger partial charge on any atom is 0.256 e. The molecule has 31 heavy (non-hydrogen) atoms. The summed E-state index contributed by atoms with van der Waals surface area (Å²) in [5, 5.41) is 14.8. The van der Waals surface area contributed by atoms with Crippen LogP contribution in [0.4, 0.5) is 0 Å². The molecule has 2 aliphatic rings. The van der Waals surface area contributed by atoms with Gasteiger partial charge in [-0.1, -0.05) is 0 Å². The van der Waals surface area contributed by atoms with E-state index in [9.17, 15) is 24.0 Å². The predicted molar refractivity (Wildman–Crippen MR) is 113 cm³/mol. The Morgan fingerprint density at radius 1 is 1.23 bits per heavy atom. The number of ketones is 2. The highest BCUT2D eigenvalue weighted by Crippen LogP contribution is 2.34. The monoisotopic (exact) mass is 460 g/mol. The zero-order chi connectivity index (χ0) is 22.1. The molecule has 4 heterocycles. The molecule has 0 saturated carbocycles. The summed E-state index contributed by atoms with van der Waals surface area (Å²) in [4.78, 5) is 63.4. The summed E-state index contributed by atoms with van der Waals surface area (Å²) < 4.78 is 0. The molecule has 4 rings (SSSR count). The average Bonchev–Trinajstić information content (AvgIpc) is 3.43. The normalized spacial score (nSPS) is 18.3. The second kappa shape index (κ2) is 8.81. The number of Topliss-reactive ketones (excluding diaryl/α,β-unsaturated/α-hetero) is 2. The quantitative estimate of drug-likeness (QED) is 0.455. The molecule has 0 spiro atoms. The van der Waals surface area contributed by atoms with Gasteiger partial charge in [0.05, 0.1) is 10.4 Å². The summed E-state index contributed by atoms with van der Waals surface area (Å²) in [6, 6.07) is 1.07. The van der Waals surface area contributed by atoms with E-state index in [1.165, 1.54) is 27.6 Å². The van der Waals surface area contributed by atoms with Crippen molar-refractivity contribution in [3.8, 4) is 0 Å². The molecule has 1 fully saturated rings. The van der Waals surface area contributed by atoms with Gasteiger partial charge in [0, 0.05) is 36.1 Å². The van der Waals surface area contributed by atoms with Gasteiger partial charge >= 0.3 is 0 Å². The van der Waals surface area contributed by atoms with E-state index in [1.54, 1.807) is 16.8 Å². The molecule has 0 radical (unpaired) electrons. The van der Waals surface area contributed by atoms with E-state index in [0.29, 0.717) is 35.4 Å². The Labute approximate surface area is 185 Å². The van der Waals surface area contributed by atoms with Crippen LogP contribution in [-0.4, -0.2) is 51.9 Å². The third kappa shape index (κ3) is 4.23. The molecule has 0 bridgehead atoms. The third-order valence-corrected chi connectivity index (χ3v) is 7.64. The molecule has 0 aromatic carbocycles. The molecule has 162 valence electrons. The number of rotatable bonds is 8. The van der Waals surface area contributed by atoms with Gasteiger partial charge in [-0.3, -0.25) is 29.3 Å². The number of carbonyl (C=O) groups is 5. The number of aliphatic hydroxyl groups is 1. The first-order chi connectivity index (χ1) is 14.9. The van der Waals surface area contributed by atoms with Crippen LogP contribution in [0.15, 0.2) is 16.8 Å². The van der Waals surface area contributed by atoms with Crippen LogP contribution >= 0.6 is 22.7 Å². The van der Waals surface area contributed by atoms with Crippen LogP contribution in [0, 0.1) is 0 Å². The highest BCUT2D eigenvalue weighted by Gasteiger charge is 2.40. The van der Waals surface area contributed by atoms with E-state index in [2.05, 4.69) is 5.32 Å². The molecule has 2 N–H and O–H groups in total. The molecule has 1 saturated heterocycles. The fourth-order valence-electron chi connectivity index (χ4n) is 3.96. The van der Waals surface area contributed by atoms with Gasteiger partial charge in [0.25, 0.3) is 5.91 Å². The molecular formula is C21H20N2O6S2. The van der Waals surface area contributed by atoms with Crippen molar-refractivity contribution in [2.75, 3.05) is 6.61 Å². The van der Waals surface area contributed by atoms with Crippen molar-refractivity contribution in [3.05, 3.63) is 43.3 Å². The Hall–Kier alpha value is -2.69. The van der Waals surface area contributed by atoms with Gasteiger partial charge in [-0.15, -0.1) is 22.7 Å². The Morgan fingerprint density at radius 3 is 2.77 bits per heavy atom. The molecule has 1 unspecified atom stereocenters. The van der Waals surface area contributed by atoms with Crippen LogP contribution in [0.5, 0.6) is 0 Å². The van der Waals surface area contributed by atoms with E-state index < -0.39 is 18.6 Å². The summed E-state index contributed by atoms with van der Waals surface area (Å²) in [6.45, 7) is -0.284. The molecule has 3 amide bonds. The highest BCUT2D eigenvalue weighted by atomic mass is 32.1. The van der Waals surface area contributed by atoms with Crippen molar-refractivity contribution < 1.29 is 29.1 Å². The van der Waals surface area contributed by atoms with E-state index in [0.717, 1.165) is 10.4 Å². The zero-order valence-corrected chi connectivity index (χ0v) is 18.1. The molecule has 1 atom stereocenters. The summed E-state index contributed by atoms with van der Waals surface area (Å²) in [5.74, 6) is -1.40. The van der Waals surface area contributed by atoms with Crippen LogP contribution in [0.2, 0.25) is 0 Å². The van der Waals surface area contributed by atoms with Crippen LogP contribution in [0.3, 0.4) is 0 Å². The SMILES string of the molecule is O=C(CCc1scc2c1CN(C1CCC(=O)NC1=O)C2=O)Cc1ccsc1C(=O)CO. The van der Waals surface area contributed by atoms with Gasteiger partial charge < -0.3 is 10.0 Å². The molecule has 2 aliphatic heterocycles. The topological polar surface area (TPSA) is 121 Å². The van der Waals surface area contributed by atoms with E-state index in [1.807, 2.05) is 0 Å². The lowest BCUT2D eigenvalue weighted by molar-refractivity contribution is -0.137. The van der Waals surface area contributed by atoms with E-state index >= 15 is 0 Å². The van der Waals surface area contributed by atoms with Crippen LogP contribution < -0.4 is 5.32 Å². The Balaban J connectivity index is 1.39. The number of imide groups is 1. The fourth-order valence-corrected chi connectivity index (χ4v) is 5.85. The second-order valence-corrected chi connectivity index (χ2v) is 9.40. The molecule has 0 aliphatic carbocycles. The number of aryl methyl sites for hydroxylation is 1. The zero-order valence-electron chi connectivity index (χ0n) is 16.5. The maximum absolute atomic E-state index is 12.8. The number of aliphatic hydroxyl groups excluding tert-OH is 1. The lowest BCUT2D eigenvalue weighted by Gasteiger charge is -2.29. The van der Waals surface area contributed by atoms with Gasteiger partial charge in [0.15, 0.2) is 5.78 Å². The standard InChI is InChI=1S/C21H20N2O6S2/c24-9-16(26)19-11(5-6-30-19)7-12(25)1-3-17-13-8-23(21(29)14(13)10-31-17)15-2-4-18(27)22-20(15)28/h5-6,10,15,24H,1-4,7-9H2,(H,22,27,28). The minimum absolute atomic E-state index is 0.0288. The van der Waals surface area contributed by atoms with Crippen molar-refractivity contribution in [2.45, 2.75) is 44.7 Å². The van der Waals surface area contributed by atoms with Gasteiger partial charge in [-0.2, -0.15) is 0 Å². The third-order valence-electron chi connectivity index (χ3n) is 5.55. The van der Waals surface area contributed by atoms with Crippen molar-refractivity contribution >= 4 is 52.0 Å². The summed E-state index contributed by atoms with van der Waals surface area (Å²) in [5.41, 5.74) is 2.04. The first kappa shape index (κ1) is 21.5. The fraction of sp³-hybridized carbons (Fsp3) is 0.381. The summed E-state index contributed by atoms with van der Waals surface area (Å²) >= 11 is 2.64. The van der Waals surface area contributed by atoms with Crippen molar-refractivity contribution in [2.24, 2.45) is 0 Å². The number of hydrogen-bond donors (Lipinski definition) is 2. The number of thiophene rings is 2. The molecule has 10 heteroatoms. The molecule has 8 nitrogen and oxygen atoms in total. The smallest absolute Gasteiger partial charge is 0.256 e. The Kier molecular flexibility index (Phi) is 6.12. The minimum Gasteiger partial charge on any atom is -0.388 e. The van der Waals surface area contributed by atoms with Crippen LogP contribution in [0.25, 0.3) is 0 Å². The first-order valence-corrected chi connectivity index (χ1v) is 11.6. The number of piperidine rings is 1. The number of nitrogens with zero attached hydrogens (tertiary/aromatic N) is 1. The van der Waals surface area contributed by atoms with E-state index in [-0.39, 0.29) is 42.6 Å². The summed E-state index contributed by atoms with van der Waals surface area (Å²) in [7, 11) is 0. The highest BCUT2D eigenvalue weighted by molar-refractivity contribution is 7.12. The van der Waals surface area contributed by atoms with Crippen molar-refractivity contribution in [1.82, 2.24) is 10.2 Å². The van der Waals surface area contributed by atoms with E-state index in [4.69, 9.17) is 5.11 Å². The lowest BCUT2D eigenvalue weighted by atomic mass is 10.0. The maximum atomic E-state index is 12.8. The van der Waals surface area contributed by atoms with Gasteiger partial charge in [-0.25, -0.2) is 0 Å². The number of nitrogens with one attached hydrogen (secondary N) is 1. The Bertz CT molecular complexity index is 1090. The minimum atomic E-state index is -0.654. The number of fused-ring (bicyclic) bond motifs is 1. The number of hydrogen-bond acceptors (Lipinski definition) is 8. The van der Waals surface area contributed by atoms with Gasteiger partial charge in [-0.05, 0) is 35.4 Å². The second-order valence-electron chi connectivity index (χ2n) is 7.52. The van der Waals surface area contributed by atoms with Crippen LogP contribution in [-0.2, 0) is 33.8 Å². The van der Waals surface area contributed by atoms with Crippen LogP contribution in [0.1, 0.15) is 55.3 Å². The summed E-state index contributed by atoms with van der Waals surface area (Å²) in [6.07, 6.45) is 1.38. The molecular weight excluding hydrogens is 440 g/mol. The van der Waals surface area contributed by atoms with Gasteiger partial charge in [0.2, 0.25) is 11.8 Å². The molecule has 2 aromatic rings. The van der Waals surface area contributed by atoms with Crippen molar-refractivity contribution in [3.63, 3.8) is 0 Å². The lowest BCUT2D eigenvalue weighted by Crippen LogP contribution is -2.52. The predicted octanol–water partition coefficient (Wildman–Crippen LogP) is 1.49. The number of amides is 3. The average molecular weight is 461 g/mol.